The van der Waals surface area contributed by atoms with Crippen LogP contribution in [0.4, 0.5) is 0 Å². The standard InChI is InChI=1S/C18H15ClN2O3/c19-15-6-2-13(3-7-15)18(23)14-4-8-16(9-5-14)24-12-17(22)21-11-1-10-20/h2-9H,1,11-12H2,(H,21,22). The molecule has 5 nitrogen and oxygen atoms in total. The topological polar surface area (TPSA) is 79.2 Å². The average molecular weight is 343 g/mol. The van der Waals surface area contributed by atoms with Crippen molar-refractivity contribution < 1.29 is 14.3 Å². The number of nitriles is 1. The summed E-state index contributed by atoms with van der Waals surface area (Å²) >= 11 is 5.81. The van der Waals surface area contributed by atoms with Gasteiger partial charge in [0.2, 0.25) is 0 Å². The number of hydrogen-bond acceptors (Lipinski definition) is 4. The lowest BCUT2D eigenvalue weighted by Gasteiger charge is -2.07. The van der Waals surface area contributed by atoms with Gasteiger partial charge < -0.3 is 10.1 Å². The van der Waals surface area contributed by atoms with Gasteiger partial charge in [0.15, 0.2) is 12.4 Å². The number of ether oxygens (including phenoxy) is 1. The molecular formula is C18H15ClN2O3. The van der Waals surface area contributed by atoms with Crippen LogP contribution in [0.2, 0.25) is 5.02 Å². The molecule has 0 fully saturated rings. The van der Waals surface area contributed by atoms with Crippen LogP contribution in [-0.4, -0.2) is 24.8 Å². The molecule has 0 spiro atoms. The Bertz CT molecular complexity index is 749. The van der Waals surface area contributed by atoms with Gasteiger partial charge in [-0.1, -0.05) is 11.6 Å². The SMILES string of the molecule is N#CCCNC(=O)COc1ccc(C(=O)c2ccc(Cl)cc2)cc1. The molecule has 0 aliphatic heterocycles. The number of carbonyl (C=O) groups excluding carboxylic acids is 2. The van der Waals surface area contributed by atoms with Gasteiger partial charge in [0.1, 0.15) is 5.75 Å². The first-order valence-electron chi connectivity index (χ1n) is 7.27. The van der Waals surface area contributed by atoms with Crippen LogP contribution in [0, 0.1) is 11.3 Å². The number of nitrogens with one attached hydrogen (secondary N) is 1. The van der Waals surface area contributed by atoms with E-state index in [0.29, 0.717) is 28.4 Å². The molecule has 122 valence electrons. The minimum Gasteiger partial charge on any atom is -0.484 e. The van der Waals surface area contributed by atoms with E-state index in [-0.39, 0.29) is 24.7 Å². The van der Waals surface area contributed by atoms with E-state index in [4.69, 9.17) is 21.6 Å². The molecule has 0 unspecified atom stereocenters. The number of nitrogens with zero attached hydrogens (tertiary/aromatic N) is 1. The maximum absolute atomic E-state index is 12.3. The summed E-state index contributed by atoms with van der Waals surface area (Å²) in [5.74, 6) is 0.0668. The highest BCUT2D eigenvalue weighted by Gasteiger charge is 2.09. The van der Waals surface area contributed by atoms with E-state index >= 15 is 0 Å². The highest BCUT2D eigenvalue weighted by atomic mass is 35.5. The van der Waals surface area contributed by atoms with E-state index in [9.17, 15) is 9.59 Å². The fourth-order valence-electron chi connectivity index (χ4n) is 1.93. The first-order chi connectivity index (χ1) is 11.6. The van der Waals surface area contributed by atoms with E-state index in [1.165, 1.54) is 0 Å². The van der Waals surface area contributed by atoms with Crippen molar-refractivity contribution in [2.24, 2.45) is 0 Å². The first-order valence-corrected chi connectivity index (χ1v) is 7.64. The van der Waals surface area contributed by atoms with Gasteiger partial charge in [-0.2, -0.15) is 5.26 Å². The van der Waals surface area contributed by atoms with Crippen molar-refractivity contribution in [2.75, 3.05) is 13.2 Å². The molecule has 2 aromatic carbocycles. The van der Waals surface area contributed by atoms with Crippen LogP contribution in [-0.2, 0) is 4.79 Å². The fraction of sp³-hybridized carbons (Fsp3) is 0.167. The van der Waals surface area contributed by atoms with Crippen LogP contribution in [0.3, 0.4) is 0 Å². The lowest BCUT2D eigenvalue weighted by atomic mass is 10.0. The Hall–Kier alpha value is -2.84. The zero-order chi connectivity index (χ0) is 17.4. The normalized spacial score (nSPS) is 9.83. The third-order valence-corrected chi connectivity index (χ3v) is 3.40. The summed E-state index contributed by atoms with van der Waals surface area (Å²) in [6.45, 7) is 0.156. The molecule has 0 aliphatic rings. The lowest BCUT2D eigenvalue weighted by Crippen LogP contribution is -2.29. The van der Waals surface area contributed by atoms with Crippen molar-refractivity contribution in [3.05, 3.63) is 64.7 Å². The number of ketones is 1. The van der Waals surface area contributed by atoms with Crippen molar-refractivity contribution in [1.82, 2.24) is 5.32 Å². The molecule has 1 amide bonds. The van der Waals surface area contributed by atoms with Gasteiger partial charge >= 0.3 is 0 Å². The summed E-state index contributed by atoms with van der Waals surface area (Å²) in [7, 11) is 0. The molecule has 2 aromatic rings. The van der Waals surface area contributed by atoms with Gasteiger partial charge in [-0.3, -0.25) is 9.59 Å². The number of rotatable bonds is 7. The number of benzene rings is 2. The van der Waals surface area contributed by atoms with Crippen LogP contribution < -0.4 is 10.1 Å². The molecule has 6 heteroatoms. The predicted octanol–water partition coefficient (Wildman–Crippen LogP) is 2.98. The Labute approximate surface area is 144 Å². The molecule has 0 bridgehead atoms. The Morgan fingerprint density at radius 2 is 1.62 bits per heavy atom. The van der Waals surface area contributed by atoms with Gasteiger partial charge in [0, 0.05) is 22.7 Å². The Kier molecular flexibility index (Phi) is 6.35. The molecule has 0 radical (unpaired) electrons. The second kappa shape index (κ2) is 8.70. The van der Waals surface area contributed by atoms with Crippen molar-refractivity contribution in [3.63, 3.8) is 0 Å². The monoisotopic (exact) mass is 342 g/mol. The summed E-state index contributed by atoms with van der Waals surface area (Å²) in [5, 5.41) is 11.5. The third-order valence-electron chi connectivity index (χ3n) is 3.15. The highest BCUT2D eigenvalue weighted by molar-refractivity contribution is 6.30. The fourth-order valence-corrected chi connectivity index (χ4v) is 2.05. The molecule has 0 aliphatic carbocycles. The van der Waals surface area contributed by atoms with Crippen molar-refractivity contribution in [1.29, 1.82) is 5.26 Å². The molecular weight excluding hydrogens is 328 g/mol. The molecule has 0 atom stereocenters. The van der Waals surface area contributed by atoms with E-state index < -0.39 is 0 Å². The summed E-state index contributed by atoms with van der Waals surface area (Å²) < 4.78 is 5.33. The van der Waals surface area contributed by atoms with Crippen molar-refractivity contribution in [3.8, 4) is 11.8 Å². The van der Waals surface area contributed by atoms with Gasteiger partial charge in [-0.25, -0.2) is 0 Å². The summed E-state index contributed by atoms with van der Waals surface area (Å²) in [4.78, 5) is 23.8. The van der Waals surface area contributed by atoms with Gasteiger partial charge in [0.05, 0.1) is 12.5 Å². The maximum Gasteiger partial charge on any atom is 0.257 e. The van der Waals surface area contributed by atoms with E-state index in [1.54, 1.807) is 48.5 Å². The highest BCUT2D eigenvalue weighted by Crippen LogP contribution is 2.17. The van der Waals surface area contributed by atoms with Crippen LogP contribution in [0.25, 0.3) is 0 Å². The largest absolute Gasteiger partial charge is 0.484 e. The Morgan fingerprint density at radius 1 is 1.04 bits per heavy atom. The Morgan fingerprint density at radius 3 is 2.21 bits per heavy atom. The maximum atomic E-state index is 12.3. The second-order valence-corrected chi connectivity index (χ2v) is 5.34. The number of carbonyl (C=O) groups is 2. The van der Waals surface area contributed by atoms with Crippen LogP contribution >= 0.6 is 11.6 Å². The first kappa shape index (κ1) is 17.5. The minimum absolute atomic E-state index is 0.118. The van der Waals surface area contributed by atoms with Crippen LogP contribution in [0.1, 0.15) is 22.3 Å². The molecule has 2 rings (SSSR count). The molecule has 0 saturated heterocycles. The summed E-state index contributed by atoms with van der Waals surface area (Å²) in [6, 6.07) is 15.1. The minimum atomic E-state index is -0.299. The van der Waals surface area contributed by atoms with Gasteiger partial charge in [-0.05, 0) is 48.5 Å². The molecule has 0 saturated carbocycles. The van der Waals surface area contributed by atoms with E-state index in [1.807, 2.05) is 6.07 Å². The van der Waals surface area contributed by atoms with E-state index in [2.05, 4.69) is 5.32 Å². The molecule has 24 heavy (non-hydrogen) atoms. The third kappa shape index (κ3) is 5.11. The summed E-state index contributed by atoms with van der Waals surface area (Å²) in [6.07, 6.45) is 0.257. The smallest absolute Gasteiger partial charge is 0.257 e. The second-order valence-electron chi connectivity index (χ2n) is 4.91. The van der Waals surface area contributed by atoms with Crippen LogP contribution in [0.15, 0.2) is 48.5 Å². The van der Waals surface area contributed by atoms with Gasteiger partial charge in [-0.15, -0.1) is 0 Å². The molecule has 0 heterocycles. The zero-order valence-electron chi connectivity index (χ0n) is 12.8. The molecule has 1 N–H and O–H groups in total. The predicted molar refractivity (Wildman–Crippen MR) is 90.1 cm³/mol. The zero-order valence-corrected chi connectivity index (χ0v) is 13.5. The van der Waals surface area contributed by atoms with Crippen molar-refractivity contribution >= 4 is 23.3 Å². The van der Waals surface area contributed by atoms with Gasteiger partial charge in [0.25, 0.3) is 5.91 Å². The Balaban J connectivity index is 1.91. The quantitative estimate of drug-likeness (QED) is 0.619. The molecule has 0 aromatic heterocycles. The number of hydrogen-bond donors (Lipinski definition) is 1. The summed E-state index contributed by atoms with van der Waals surface area (Å²) in [5.41, 5.74) is 1.06. The average Bonchev–Trinajstić information content (AvgIpc) is 2.61. The van der Waals surface area contributed by atoms with E-state index in [0.717, 1.165) is 0 Å². The number of halogens is 1. The van der Waals surface area contributed by atoms with Crippen LogP contribution in [0.5, 0.6) is 5.75 Å². The lowest BCUT2D eigenvalue weighted by molar-refractivity contribution is -0.123. The van der Waals surface area contributed by atoms with Crippen molar-refractivity contribution in [2.45, 2.75) is 6.42 Å². The number of amides is 1.